The van der Waals surface area contributed by atoms with Crippen molar-refractivity contribution < 1.29 is 20.4 Å². The van der Waals surface area contributed by atoms with E-state index in [0.717, 1.165) is 0 Å². The van der Waals surface area contributed by atoms with E-state index in [1.54, 1.807) is 27.1 Å². The smallest absolute Gasteiger partial charge is 0.147 e. The first kappa shape index (κ1) is 41.4. The van der Waals surface area contributed by atoms with E-state index in [1.165, 1.54) is 55.3 Å². The van der Waals surface area contributed by atoms with Crippen molar-refractivity contribution in [2.75, 3.05) is 0 Å². The molecule has 1 atom stereocenters. The molecule has 2 aliphatic rings. The normalized spacial score (nSPS) is 14.5. The number of fused-ring (bicyclic) bond motifs is 5. The van der Waals surface area contributed by atoms with Crippen LogP contribution in [-0.2, 0) is 31.2 Å². The second kappa shape index (κ2) is 16.1. The van der Waals surface area contributed by atoms with Crippen molar-refractivity contribution in [1.29, 1.82) is 0 Å². The molecule has 0 radical (unpaired) electrons. The van der Waals surface area contributed by atoms with Crippen molar-refractivity contribution in [2.45, 2.75) is 66.5 Å². The predicted octanol–water partition coefficient (Wildman–Crippen LogP) is 13.4. The zero-order chi connectivity index (χ0) is 38.1. The molecule has 2 aliphatic carbocycles. The van der Waals surface area contributed by atoms with E-state index < -0.39 is 25.8 Å². The maximum absolute atomic E-state index is 3.01. The Bertz CT molecular complexity index is 2570. The zero-order valence-corrected chi connectivity index (χ0v) is 39.2. The number of benzene rings is 7. The number of allylic oxidation sites excluding steroid dienone is 1. The molecule has 7 aromatic carbocycles. The van der Waals surface area contributed by atoms with Gasteiger partial charge in [0.15, 0.2) is 0 Å². The van der Waals surface area contributed by atoms with E-state index in [2.05, 4.69) is 212 Å². The van der Waals surface area contributed by atoms with Gasteiger partial charge in [-0.05, 0) is 0 Å². The van der Waals surface area contributed by atoms with E-state index in [1.807, 2.05) is 0 Å². The van der Waals surface area contributed by atoms with Gasteiger partial charge in [0.05, 0.1) is 0 Å². The van der Waals surface area contributed by atoms with Gasteiger partial charge in [0, 0.05) is 0 Å². The number of aryl methyl sites for hydroxylation is 1. The Kier molecular flexibility index (Phi) is 11.7. The average Bonchev–Trinajstić information content (AvgIpc) is 3.72. The zero-order valence-electron chi connectivity index (χ0n) is 34.1. The first-order chi connectivity index (χ1) is 26.5. The Morgan fingerprint density at radius 2 is 0.930 bits per heavy atom. The maximum atomic E-state index is 2.65. The molecule has 0 saturated carbocycles. The van der Waals surface area contributed by atoms with Gasteiger partial charge < -0.3 is 0 Å². The summed E-state index contributed by atoms with van der Waals surface area (Å²) in [7, 11) is 0. The van der Waals surface area contributed by atoms with Crippen LogP contribution in [0.4, 0.5) is 0 Å². The van der Waals surface area contributed by atoms with Crippen LogP contribution in [0.5, 0.6) is 0 Å². The summed E-state index contributed by atoms with van der Waals surface area (Å²) in [5, 5.41) is 5.84. The van der Waals surface area contributed by atoms with E-state index in [9.17, 15) is 0 Å². The van der Waals surface area contributed by atoms with Gasteiger partial charge in [-0.25, -0.2) is 0 Å². The number of rotatable bonds is 5. The summed E-state index contributed by atoms with van der Waals surface area (Å²) in [6.07, 6.45) is 2.60. The van der Waals surface area contributed by atoms with Crippen LogP contribution in [0, 0.1) is 6.92 Å². The van der Waals surface area contributed by atoms with Crippen LogP contribution in [0.3, 0.4) is 0 Å². The third-order valence-corrected chi connectivity index (χ3v) is 32.6. The molecule has 0 fully saturated rings. The van der Waals surface area contributed by atoms with Crippen LogP contribution < -0.4 is 10.4 Å². The monoisotopic (exact) mass is 876 g/mol. The fourth-order valence-electron chi connectivity index (χ4n) is 9.29. The van der Waals surface area contributed by atoms with Gasteiger partial charge in [-0.15, -0.1) is 24.8 Å². The third-order valence-electron chi connectivity index (χ3n) is 12.2. The molecule has 0 amide bonds. The largest absolute Gasteiger partial charge is 0.147 e. The summed E-state index contributed by atoms with van der Waals surface area (Å²) >= 11 is -3.01. The molecule has 0 bridgehead atoms. The van der Waals surface area contributed by atoms with Gasteiger partial charge in [-0.2, -0.15) is 0 Å². The van der Waals surface area contributed by atoms with Crippen molar-refractivity contribution in [2.24, 2.45) is 0 Å². The molecule has 0 spiro atoms. The Morgan fingerprint density at radius 1 is 0.456 bits per heavy atom. The first-order valence-corrected chi connectivity index (χ1v) is 27.9. The van der Waals surface area contributed by atoms with Gasteiger partial charge in [-0.3, -0.25) is 0 Å². The van der Waals surface area contributed by atoms with Crippen molar-refractivity contribution in [3.05, 3.63) is 202 Å². The Morgan fingerprint density at radius 3 is 1.47 bits per heavy atom. The first-order valence-electron chi connectivity index (χ1n) is 19.9. The van der Waals surface area contributed by atoms with Gasteiger partial charge in [0.1, 0.15) is 0 Å². The standard InChI is InChI=1S/C21H25.C20H15.C12H10Si.2ClH.Zr/c1-20(2,3)16-7-9-18-14(12-16)11-15-13-17(21(4,5)6)8-10-19(15)18;1-14-10-11-19(20-9-5-4-8-18(14)20)17-12-15-6-2-3-7-16(15)13-17;1-3-7-11(8-4-1)13-12-9-5-2-6-10-12;;;/h7-13H,1-6H3;2-13H,1H3;1-10H;2*1H;. The molecule has 7 aromatic rings. The summed E-state index contributed by atoms with van der Waals surface area (Å²) in [6.45, 7) is 16.5. The minimum absolute atomic E-state index is 0. The van der Waals surface area contributed by atoms with Crippen molar-refractivity contribution >= 4 is 63.0 Å². The van der Waals surface area contributed by atoms with Crippen LogP contribution in [0.15, 0.2) is 158 Å². The molecule has 286 valence electrons. The summed E-state index contributed by atoms with van der Waals surface area (Å²) in [5.74, 6) is 0. The number of halogens is 2. The molecule has 0 heterocycles. The molecule has 0 aromatic heterocycles. The van der Waals surface area contributed by atoms with Crippen LogP contribution in [-0.4, -0.2) is 5.43 Å². The summed E-state index contributed by atoms with van der Waals surface area (Å²) in [6, 6.07) is 62.0. The Hall–Kier alpha value is -3.78. The SMILES string of the molecule is Cc1ccc(C2=Cc3ccccc3[CH]2[Zr]([CH]2c3cc(C(C)(C)C)ccc3-c3ccc(C(C)(C)C)cc32)=[Si](c2ccccc2)c2ccccc2)c2ccccc12.Cl.Cl. The summed E-state index contributed by atoms with van der Waals surface area (Å²) in [5.41, 5.74) is 15.0. The Balaban J connectivity index is 0.00000248. The summed E-state index contributed by atoms with van der Waals surface area (Å²) in [4.78, 5) is 0. The second-order valence-corrected chi connectivity index (χ2v) is 31.8. The molecule has 9 rings (SSSR count). The Labute approximate surface area is 360 Å². The van der Waals surface area contributed by atoms with E-state index in [0.29, 0.717) is 7.25 Å². The molecule has 57 heavy (non-hydrogen) atoms. The number of hydrogen-bond donors (Lipinski definition) is 0. The molecular formula is C53H52Cl2SiZr. The second-order valence-electron chi connectivity index (χ2n) is 17.7. The quantitative estimate of drug-likeness (QED) is 0.151. The van der Waals surface area contributed by atoms with Gasteiger partial charge in [0.25, 0.3) is 0 Å². The molecule has 0 N–H and O–H groups in total. The van der Waals surface area contributed by atoms with Crippen molar-refractivity contribution in [1.82, 2.24) is 0 Å². The predicted molar refractivity (Wildman–Crippen MR) is 249 cm³/mol. The van der Waals surface area contributed by atoms with Crippen LogP contribution >= 0.6 is 24.8 Å². The van der Waals surface area contributed by atoms with Crippen molar-refractivity contribution in [3.63, 3.8) is 0 Å². The summed E-state index contributed by atoms with van der Waals surface area (Å²) < 4.78 is 0.738. The third kappa shape index (κ3) is 7.42. The fourth-order valence-corrected chi connectivity index (χ4v) is 33.7. The van der Waals surface area contributed by atoms with Gasteiger partial charge in [-0.1, -0.05) is 0 Å². The maximum Gasteiger partial charge on any atom is -0.147 e. The molecule has 1 unspecified atom stereocenters. The van der Waals surface area contributed by atoms with Gasteiger partial charge in [0.2, 0.25) is 0 Å². The molecular weight excluding hydrogens is 827 g/mol. The van der Waals surface area contributed by atoms with Gasteiger partial charge >= 0.3 is 339 Å². The molecule has 4 heteroatoms. The van der Waals surface area contributed by atoms with Crippen LogP contribution in [0.2, 0.25) is 0 Å². The van der Waals surface area contributed by atoms with Crippen molar-refractivity contribution in [3.8, 4) is 11.1 Å². The molecule has 0 nitrogen and oxygen atoms in total. The topological polar surface area (TPSA) is 0 Å². The number of hydrogen-bond acceptors (Lipinski definition) is 0. The molecule has 0 aliphatic heterocycles. The minimum atomic E-state index is -3.01. The average molecular weight is 879 g/mol. The molecule has 0 saturated heterocycles. The van der Waals surface area contributed by atoms with E-state index in [4.69, 9.17) is 0 Å². The van der Waals surface area contributed by atoms with E-state index >= 15 is 0 Å². The van der Waals surface area contributed by atoms with Crippen LogP contribution in [0.25, 0.3) is 33.5 Å². The minimum Gasteiger partial charge on any atom is -0.147 e. The van der Waals surface area contributed by atoms with E-state index in [-0.39, 0.29) is 35.6 Å². The fraction of sp³-hybridized carbons (Fsp3) is 0.208. The van der Waals surface area contributed by atoms with Crippen LogP contribution in [0.1, 0.15) is 93.3 Å².